The van der Waals surface area contributed by atoms with E-state index in [-0.39, 0.29) is 26.3 Å². The van der Waals surface area contributed by atoms with Gasteiger partial charge in [-0.15, -0.1) is 0 Å². The van der Waals surface area contributed by atoms with Crippen LogP contribution in [0, 0.1) is 0 Å². The average molecular weight is 351 g/mol. The molecule has 9 nitrogen and oxygen atoms in total. The van der Waals surface area contributed by atoms with Gasteiger partial charge >= 0.3 is 0 Å². The molecule has 0 bridgehead atoms. The Hall–Kier alpha value is -3.33. The Kier molecular flexibility index (Phi) is 5.40. The van der Waals surface area contributed by atoms with E-state index in [1.165, 1.54) is 24.3 Å². The lowest BCUT2D eigenvalue weighted by Gasteiger charge is -2.22. The van der Waals surface area contributed by atoms with Crippen LogP contribution in [0.4, 0.5) is 0 Å². The zero-order valence-corrected chi connectivity index (χ0v) is 13.0. The number of rotatable bonds is 7. The van der Waals surface area contributed by atoms with Crippen molar-refractivity contribution in [1.82, 2.24) is 4.90 Å². The van der Waals surface area contributed by atoms with Gasteiger partial charge in [-0.05, 0) is 35.4 Å². The highest BCUT2D eigenvalue weighted by Crippen LogP contribution is 2.37. The van der Waals surface area contributed by atoms with Crippen LogP contribution < -0.4 is 0 Å². The summed E-state index contributed by atoms with van der Waals surface area (Å²) >= 11 is 0. The molecule has 0 fully saturated rings. The van der Waals surface area contributed by atoms with Crippen LogP contribution in [-0.2, 0) is 22.6 Å². The topological polar surface area (TPSA) is 151 Å². The molecule has 0 radical (unpaired) electrons. The monoisotopic (exact) mass is 351 g/mol. The van der Waals surface area contributed by atoms with Crippen LogP contribution in [0.15, 0.2) is 24.3 Å². The summed E-state index contributed by atoms with van der Waals surface area (Å²) in [7, 11) is 0. The van der Waals surface area contributed by atoms with Gasteiger partial charge in [0.1, 0.15) is 6.73 Å². The Labute approximate surface area is 142 Å². The number of aromatic hydroxyl groups is 6. The van der Waals surface area contributed by atoms with Gasteiger partial charge in [0.25, 0.3) is 6.47 Å². The minimum Gasteiger partial charge on any atom is -0.504 e. The summed E-state index contributed by atoms with van der Waals surface area (Å²) < 4.78 is 4.71. The number of carbonyl (C=O) groups is 1. The summed E-state index contributed by atoms with van der Waals surface area (Å²) in [5, 5.41) is 56.9. The molecule has 0 heterocycles. The zero-order valence-electron chi connectivity index (χ0n) is 13.0. The number of ether oxygens (including phenoxy) is 1. The molecule has 0 spiro atoms. The van der Waals surface area contributed by atoms with E-state index in [0.29, 0.717) is 11.1 Å². The van der Waals surface area contributed by atoms with Crippen LogP contribution in [0.25, 0.3) is 0 Å². The van der Waals surface area contributed by atoms with Crippen molar-refractivity contribution in [2.24, 2.45) is 0 Å². The molecule has 0 aliphatic heterocycles. The number of hydrogen-bond donors (Lipinski definition) is 6. The van der Waals surface area contributed by atoms with Crippen molar-refractivity contribution in [1.29, 1.82) is 0 Å². The molecule has 9 heteroatoms. The molecular weight excluding hydrogens is 334 g/mol. The molecule has 0 atom stereocenters. The lowest BCUT2D eigenvalue weighted by atomic mass is 10.1. The van der Waals surface area contributed by atoms with E-state index in [4.69, 9.17) is 4.74 Å². The molecule has 2 aromatic carbocycles. The largest absolute Gasteiger partial charge is 0.504 e. The molecule has 0 saturated heterocycles. The van der Waals surface area contributed by atoms with Gasteiger partial charge in [-0.2, -0.15) is 0 Å². The third-order valence-corrected chi connectivity index (χ3v) is 3.40. The van der Waals surface area contributed by atoms with Crippen LogP contribution in [-0.4, -0.2) is 48.7 Å². The highest BCUT2D eigenvalue weighted by molar-refractivity contribution is 5.52. The molecule has 0 unspecified atom stereocenters. The molecule has 0 aliphatic carbocycles. The van der Waals surface area contributed by atoms with Crippen molar-refractivity contribution in [2.45, 2.75) is 13.1 Å². The Morgan fingerprint density at radius 2 is 1.12 bits per heavy atom. The fraction of sp³-hybridized carbons (Fsp3) is 0.188. The van der Waals surface area contributed by atoms with Crippen LogP contribution in [0.5, 0.6) is 34.5 Å². The summed E-state index contributed by atoms with van der Waals surface area (Å²) in [6, 6.07) is 4.92. The fourth-order valence-corrected chi connectivity index (χ4v) is 2.30. The van der Waals surface area contributed by atoms with E-state index in [2.05, 4.69) is 0 Å². The maximum absolute atomic E-state index is 10.4. The highest BCUT2D eigenvalue weighted by Gasteiger charge is 2.15. The van der Waals surface area contributed by atoms with Crippen molar-refractivity contribution in [3.8, 4) is 34.5 Å². The molecule has 0 saturated carbocycles. The molecule has 0 aliphatic rings. The second kappa shape index (κ2) is 7.49. The standard InChI is InChI=1S/C16H17NO8/c18-8-25-7-17(5-9-1-11(19)15(23)12(20)2-9)6-10-3-13(21)16(24)14(22)4-10/h1-4,8,19-24H,5-7H2. The predicted molar refractivity (Wildman–Crippen MR) is 84.1 cm³/mol. The van der Waals surface area contributed by atoms with Crippen LogP contribution in [0.2, 0.25) is 0 Å². The van der Waals surface area contributed by atoms with Gasteiger partial charge in [0.2, 0.25) is 0 Å². The summed E-state index contributed by atoms with van der Waals surface area (Å²) in [5.74, 6) is -3.32. The number of nitrogens with zero attached hydrogens (tertiary/aromatic N) is 1. The highest BCUT2D eigenvalue weighted by atomic mass is 16.5. The van der Waals surface area contributed by atoms with E-state index in [0.717, 1.165) is 0 Å². The molecule has 0 aromatic heterocycles. The van der Waals surface area contributed by atoms with Crippen molar-refractivity contribution in [3.63, 3.8) is 0 Å². The van der Waals surface area contributed by atoms with Crippen LogP contribution in [0.3, 0.4) is 0 Å². The van der Waals surface area contributed by atoms with E-state index >= 15 is 0 Å². The van der Waals surface area contributed by atoms with E-state index < -0.39 is 34.5 Å². The molecule has 2 rings (SSSR count). The smallest absolute Gasteiger partial charge is 0.294 e. The van der Waals surface area contributed by atoms with Gasteiger partial charge in [0.05, 0.1) is 0 Å². The molecule has 6 N–H and O–H groups in total. The predicted octanol–water partition coefficient (Wildman–Crippen LogP) is 1.05. The quantitative estimate of drug-likeness (QED) is 0.244. The molecule has 0 amide bonds. The number of benzene rings is 2. The first-order valence-electron chi connectivity index (χ1n) is 7.07. The normalized spacial score (nSPS) is 10.8. The first-order valence-corrected chi connectivity index (χ1v) is 7.07. The maximum Gasteiger partial charge on any atom is 0.294 e. The SMILES string of the molecule is O=COCN(Cc1cc(O)c(O)c(O)c1)Cc1cc(O)c(O)c(O)c1. The molecular formula is C16H17NO8. The van der Waals surface area contributed by atoms with E-state index in [9.17, 15) is 35.4 Å². The van der Waals surface area contributed by atoms with Gasteiger partial charge in [-0.25, -0.2) is 0 Å². The first kappa shape index (κ1) is 18.0. The number of carbonyl (C=O) groups excluding carboxylic acids is 1. The lowest BCUT2D eigenvalue weighted by Crippen LogP contribution is -2.25. The lowest BCUT2D eigenvalue weighted by molar-refractivity contribution is -0.133. The van der Waals surface area contributed by atoms with Crippen molar-refractivity contribution in [3.05, 3.63) is 35.4 Å². The minimum atomic E-state index is -0.646. The summed E-state index contributed by atoms with van der Waals surface area (Å²) in [6.07, 6.45) is 0. The second-order valence-electron chi connectivity index (χ2n) is 5.34. The zero-order chi connectivity index (χ0) is 18.6. The van der Waals surface area contributed by atoms with Crippen LogP contribution >= 0.6 is 0 Å². The Morgan fingerprint density at radius 1 is 0.760 bits per heavy atom. The van der Waals surface area contributed by atoms with Gasteiger partial charge in [-0.1, -0.05) is 0 Å². The summed E-state index contributed by atoms with van der Waals surface area (Å²) in [4.78, 5) is 12.0. The number of phenols is 6. The second-order valence-corrected chi connectivity index (χ2v) is 5.34. The number of hydrogen-bond acceptors (Lipinski definition) is 9. The first-order chi connectivity index (χ1) is 11.8. The molecule has 25 heavy (non-hydrogen) atoms. The maximum atomic E-state index is 10.4. The minimum absolute atomic E-state index is 0.0949. The third-order valence-electron chi connectivity index (χ3n) is 3.40. The number of phenolic OH excluding ortho intramolecular Hbond substituents is 6. The van der Waals surface area contributed by atoms with Crippen LogP contribution in [0.1, 0.15) is 11.1 Å². The summed E-state index contributed by atoms with van der Waals surface area (Å²) in [6.45, 7) is 0.272. The Bertz CT molecular complexity index is 671. The molecule has 2 aromatic rings. The summed E-state index contributed by atoms with van der Waals surface area (Å²) in [5.41, 5.74) is 0.823. The average Bonchev–Trinajstić information content (AvgIpc) is 2.55. The van der Waals surface area contributed by atoms with E-state index in [1.807, 2.05) is 0 Å². The van der Waals surface area contributed by atoms with Gasteiger partial charge < -0.3 is 35.4 Å². The fourth-order valence-electron chi connectivity index (χ4n) is 2.30. The van der Waals surface area contributed by atoms with Gasteiger partial charge in [-0.3, -0.25) is 9.69 Å². The van der Waals surface area contributed by atoms with Gasteiger partial charge in [0, 0.05) is 13.1 Å². The third kappa shape index (κ3) is 4.36. The van der Waals surface area contributed by atoms with E-state index in [1.54, 1.807) is 4.90 Å². The van der Waals surface area contributed by atoms with Gasteiger partial charge in [0.15, 0.2) is 34.5 Å². The van der Waals surface area contributed by atoms with Crippen molar-refractivity contribution in [2.75, 3.05) is 6.73 Å². The molecule has 134 valence electrons. The Balaban J connectivity index is 2.23. The Morgan fingerprint density at radius 3 is 1.44 bits per heavy atom. The van der Waals surface area contributed by atoms with Crippen molar-refractivity contribution >= 4 is 6.47 Å². The van der Waals surface area contributed by atoms with Crippen molar-refractivity contribution < 1.29 is 40.2 Å².